The zero-order valence-corrected chi connectivity index (χ0v) is 29.5. The molecule has 11 nitrogen and oxygen atoms in total. The van der Waals surface area contributed by atoms with Gasteiger partial charge in [0.2, 0.25) is 5.82 Å². The van der Waals surface area contributed by atoms with Crippen LogP contribution < -0.4 is 10.3 Å². The van der Waals surface area contributed by atoms with Crippen molar-refractivity contribution >= 4 is 17.1 Å². The van der Waals surface area contributed by atoms with E-state index in [0.29, 0.717) is 35.2 Å². The van der Waals surface area contributed by atoms with Crippen molar-refractivity contribution in [2.24, 2.45) is 14.1 Å². The van der Waals surface area contributed by atoms with Gasteiger partial charge in [-0.2, -0.15) is 9.49 Å². The highest BCUT2D eigenvalue weighted by atomic mass is 19.2. The van der Waals surface area contributed by atoms with Crippen LogP contribution in [0, 0.1) is 18.6 Å². The third-order valence-corrected chi connectivity index (χ3v) is 8.90. The van der Waals surface area contributed by atoms with Gasteiger partial charge in [0.1, 0.15) is 23.6 Å². The van der Waals surface area contributed by atoms with Crippen LogP contribution in [0.5, 0.6) is 5.75 Å². The summed E-state index contributed by atoms with van der Waals surface area (Å²) in [5, 5.41) is 5.34. The lowest BCUT2D eigenvalue weighted by molar-refractivity contribution is -0.180. The molecule has 0 N–H and O–H groups in total. The summed E-state index contributed by atoms with van der Waals surface area (Å²) in [6.45, 7) is 9.96. The van der Waals surface area contributed by atoms with Crippen molar-refractivity contribution in [3.8, 4) is 16.9 Å². The molecule has 1 aliphatic carbocycles. The van der Waals surface area contributed by atoms with E-state index in [0.717, 1.165) is 42.3 Å². The van der Waals surface area contributed by atoms with E-state index in [1.165, 1.54) is 27.8 Å². The fourth-order valence-corrected chi connectivity index (χ4v) is 5.99. The predicted molar refractivity (Wildman–Crippen MR) is 180 cm³/mol. The monoisotopic (exact) mass is 681 g/mol. The van der Waals surface area contributed by atoms with E-state index in [2.05, 4.69) is 4.98 Å². The summed E-state index contributed by atoms with van der Waals surface area (Å²) in [7, 11) is 5.03. The number of pyridine rings is 2. The van der Waals surface area contributed by atoms with Crippen molar-refractivity contribution in [2.45, 2.75) is 78.0 Å². The zero-order chi connectivity index (χ0) is 35.7. The molecule has 0 atom stereocenters. The minimum atomic E-state index is -1.12. The molecule has 0 radical (unpaired) electrons. The Morgan fingerprint density at radius 2 is 1.88 bits per heavy atom. The summed E-state index contributed by atoms with van der Waals surface area (Å²) in [6, 6.07) is 5.65. The van der Waals surface area contributed by atoms with Gasteiger partial charge in [0.25, 0.3) is 5.56 Å². The van der Waals surface area contributed by atoms with Gasteiger partial charge in [-0.3, -0.25) is 14.0 Å². The topological polar surface area (TPSA) is 110 Å². The van der Waals surface area contributed by atoms with Gasteiger partial charge in [-0.15, -0.1) is 0 Å². The minimum absolute atomic E-state index is 0.0376. The second kappa shape index (κ2) is 14.2. The van der Waals surface area contributed by atoms with E-state index in [4.69, 9.17) is 24.0 Å². The molecule has 1 saturated carbocycles. The molecule has 3 aromatic heterocycles. The zero-order valence-electron chi connectivity index (χ0n) is 29.5. The number of aryl methyl sites for hydroxylation is 2. The molecule has 5 rings (SSSR count). The average Bonchev–Trinajstić information content (AvgIpc) is 3.30. The molecule has 0 unspecified atom stereocenters. The van der Waals surface area contributed by atoms with Gasteiger partial charge < -0.3 is 23.8 Å². The van der Waals surface area contributed by atoms with Crippen LogP contribution in [0.2, 0.25) is 0 Å². The minimum Gasteiger partial charge on any atom is -0.489 e. The molecular formula is C36H45F2N5O6. The van der Waals surface area contributed by atoms with E-state index in [9.17, 15) is 14.0 Å². The van der Waals surface area contributed by atoms with Crippen molar-refractivity contribution in [3.05, 3.63) is 75.0 Å². The number of ether oxygens (including phenoxy) is 4. The van der Waals surface area contributed by atoms with Gasteiger partial charge >= 0.3 is 6.09 Å². The van der Waals surface area contributed by atoms with Crippen LogP contribution in [0.15, 0.2) is 35.3 Å². The van der Waals surface area contributed by atoms with Gasteiger partial charge in [-0.05, 0) is 77.6 Å². The molecule has 264 valence electrons. The number of amides is 1. The highest BCUT2D eigenvalue weighted by molar-refractivity contribution is 5.85. The first-order chi connectivity index (χ1) is 23.2. The van der Waals surface area contributed by atoms with Crippen LogP contribution in [0.3, 0.4) is 0 Å². The molecule has 1 aliphatic rings. The number of aromatic nitrogens is 4. The van der Waals surface area contributed by atoms with Crippen molar-refractivity contribution < 1.29 is 32.5 Å². The van der Waals surface area contributed by atoms with Gasteiger partial charge in [0.15, 0.2) is 11.6 Å². The molecule has 4 aromatic rings. The van der Waals surface area contributed by atoms with Crippen LogP contribution in [0.4, 0.5) is 13.6 Å². The number of hydrogen-bond acceptors (Lipinski definition) is 8. The highest BCUT2D eigenvalue weighted by Crippen LogP contribution is 2.46. The predicted octanol–water partition coefficient (Wildman–Crippen LogP) is 6.30. The Hall–Kier alpha value is -4.36. The number of rotatable bonds is 12. The van der Waals surface area contributed by atoms with Crippen molar-refractivity contribution in [3.63, 3.8) is 0 Å². The summed E-state index contributed by atoms with van der Waals surface area (Å²) < 4.78 is 56.5. The molecule has 0 spiro atoms. The quantitative estimate of drug-likeness (QED) is 0.127. The van der Waals surface area contributed by atoms with E-state index in [-0.39, 0.29) is 36.8 Å². The maximum Gasteiger partial charge on any atom is 0.410 e. The second-order valence-electron chi connectivity index (χ2n) is 13.5. The number of carbonyl (C=O) groups excluding carboxylic acids is 1. The molecule has 1 fully saturated rings. The number of carbonyl (C=O) groups is 1. The summed E-state index contributed by atoms with van der Waals surface area (Å²) in [5.41, 5.74) is 2.71. The van der Waals surface area contributed by atoms with Crippen molar-refractivity contribution in [1.29, 1.82) is 0 Å². The molecule has 49 heavy (non-hydrogen) atoms. The van der Waals surface area contributed by atoms with E-state index in [1.807, 2.05) is 20.9 Å². The summed E-state index contributed by atoms with van der Waals surface area (Å²) in [6.07, 6.45) is 3.93. The lowest BCUT2D eigenvalue weighted by atomic mass is 9.75. The van der Waals surface area contributed by atoms with Crippen molar-refractivity contribution in [1.82, 2.24) is 24.2 Å². The largest absolute Gasteiger partial charge is 0.489 e. The molecule has 1 amide bonds. The molecule has 0 saturated heterocycles. The first-order valence-electron chi connectivity index (χ1n) is 16.4. The molecule has 0 aliphatic heterocycles. The first-order valence-corrected chi connectivity index (χ1v) is 16.4. The fraction of sp³-hybridized carbons (Fsp3) is 0.500. The van der Waals surface area contributed by atoms with Crippen LogP contribution in [0.25, 0.3) is 22.2 Å². The maximum absolute atomic E-state index is 15.5. The van der Waals surface area contributed by atoms with Gasteiger partial charge in [-0.25, -0.2) is 14.2 Å². The molecular weight excluding hydrogens is 636 g/mol. The number of fused-ring (bicyclic) bond motifs is 1. The number of benzene rings is 1. The number of nitrogens with zero attached hydrogens (tertiary/aromatic N) is 5. The highest BCUT2D eigenvalue weighted by Gasteiger charge is 2.44. The Labute approximate surface area is 284 Å². The molecule has 13 heteroatoms. The Bertz CT molecular complexity index is 1910. The van der Waals surface area contributed by atoms with Crippen LogP contribution in [0.1, 0.15) is 69.5 Å². The molecule has 3 heterocycles. The van der Waals surface area contributed by atoms with Crippen molar-refractivity contribution in [2.75, 3.05) is 27.1 Å². The Balaban J connectivity index is 1.46. The smallest absolute Gasteiger partial charge is 0.410 e. The lowest BCUT2D eigenvalue weighted by Crippen LogP contribution is -2.39. The number of halogens is 2. The standard InChI is InChI=1S/C36H45F2N5O6/c1-9-46-21-48-36(14-10-15-36)32-25(22(2)43(8)40-32)13-16-47-31-26(11-12-28(37)30(31)38)23-17-27-24(18-29(44)42(7)33(27)39-19-23)20-41(6)34(45)49-35(3,4)5/h11-12,17-19H,9-10,13-16,20-21H2,1-8H3. The summed E-state index contributed by atoms with van der Waals surface area (Å²) in [4.78, 5) is 31.4. The summed E-state index contributed by atoms with van der Waals surface area (Å²) >= 11 is 0. The van der Waals surface area contributed by atoms with Gasteiger partial charge in [-0.1, -0.05) is 0 Å². The van der Waals surface area contributed by atoms with Crippen LogP contribution >= 0.6 is 0 Å². The van der Waals surface area contributed by atoms with E-state index < -0.39 is 28.9 Å². The third kappa shape index (κ3) is 7.47. The second-order valence-corrected chi connectivity index (χ2v) is 13.5. The lowest BCUT2D eigenvalue weighted by Gasteiger charge is -2.40. The first kappa shape index (κ1) is 35.9. The third-order valence-electron chi connectivity index (χ3n) is 8.90. The van der Waals surface area contributed by atoms with Gasteiger partial charge in [0, 0.05) is 80.7 Å². The number of hydrogen-bond donors (Lipinski definition) is 0. The van der Waals surface area contributed by atoms with E-state index >= 15 is 4.39 Å². The van der Waals surface area contributed by atoms with Gasteiger partial charge in [0.05, 0.1) is 12.3 Å². The Morgan fingerprint density at radius 1 is 1.14 bits per heavy atom. The van der Waals surface area contributed by atoms with Crippen LogP contribution in [-0.4, -0.2) is 63.0 Å². The normalized spacial score (nSPS) is 14.2. The molecule has 1 aromatic carbocycles. The van der Waals surface area contributed by atoms with E-state index in [1.54, 1.807) is 45.6 Å². The maximum atomic E-state index is 15.5. The Morgan fingerprint density at radius 3 is 2.53 bits per heavy atom. The fourth-order valence-electron chi connectivity index (χ4n) is 5.99. The SMILES string of the molecule is CCOCOC1(c2nn(C)c(C)c2CCOc2c(-c3cnc4c(c3)c(CN(C)C(=O)OC(C)(C)C)cc(=O)n4C)ccc(F)c2F)CCC1. The summed E-state index contributed by atoms with van der Waals surface area (Å²) in [5.74, 6) is -2.43. The molecule has 0 bridgehead atoms. The van der Waals surface area contributed by atoms with Crippen LogP contribution in [-0.2, 0) is 46.9 Å². The Kier molecular flexibility index (Phi) is 10.4. The average molecular weight is 682 g/mol.